The fraction of sp³-hybridized carbons (Fsp3) is 0.261. The topological polar surface area (TPSA) is 61.2 Å². The van der Waals surface area contributed by atoms with Crippen LogP contribution in [-0.2, 0) is 17.6 Å². The Morgan fingerprint density at radius 2 is 1.89 bits per heavy atom. The highest BCUT2D eigenvalue weighted by Gasteiger charge is 2.20. The van der Waals surface area contributed by atoms with Crippen molar-refractivity contribution in [1.29, 1.82) is 0 Å². The molecule has 5 heteroatoms. The van der Waals surface area contributed by atoms with E-state index in [2.05, 4.69) is 27.8 Å². The van der Waals surface area contributed by atoms with Crippen LogP contribution in [-0.4, -0.2) is 27.9 Å². The third kappa shape index (κ3) is 3.36. The Morgan fingerprint density at radius 1 is 1.07 bits per heavy atom. The summed E-state index contributed by atoms with van der Waals surface area (Å²) in [7, 11) is 0. The van der Waals surface area contributed by atoms with E-state index in [1.54, 1.807) is 18.2 Å². The lowest BCUT2D eigenvalue weighted by Crippen LogP contribution is -2.15. The average Bonchev–Trinajstić information content (AvgIpc) is 3.29. The largest absolute Gasteiger partial charge is 0.453 e. The molecule has 1 aliphatic carbocycles. The van der Waals surface area contributed by atoms with Gasteiger partial charge in [0.1, 0.15) is 5.69 Å². The van der Waals surface area contributed by atoms with Crippen molar-refractivity contribution in [2.24, 2.45) is 0 Å². The molecule has 0 unspecified atom stereocenters. The standard InChI is InChI=1S/C23H22N2O3/c1-15-12-20(22(26)14-28-23(27)21-8-3-4-11-24-21)16(2)25(15)19-10-9-17-6-5-7-18(17)13-19/h3-4,8-13H,5-7,14H2,1-2H3. The van der Waals surface area contributed by atoms with Gasteiger partial charge in [-0.1, -0.05) is 12.1 Å². The zero-order valence-electron chi connectivity index (χ0n) is 16.1. The van der Waals surface area contributed by atoms with Crippen molar-refractivity contribution in [2.75, 3.05) is 6.61 Å². The van der Waals surface area contributed by atoms with E-state index in [4.69, 9.17) is 4.74 Å². The Bertz CT molecular complexity index is 1050. The van der Waals surface area contributed by atoms with Crippen LogP contribution in [0.25, 0.3) is 5.69 Å². The summed E-state index contributed by atoms with van der Waals surface area (Å²) in [6, 6.07) is 13.4. The van der Waals surface area contributed by atoms with Crippen LogP contribution in [0.2, 0.25) is 0 Å². The zero-order chi connectivity index (χ0) is 19.7. The quantitative estimate of drug-likeness (QED) is 0.500. The van der Waals surface area contributed by atoms with Gasteiger partial charge in [-0.15, -0.1) is 0 Å². The Kier molecular flexibility index (Phi) is 4.82. The molecule has 0 fully saturated rings. The molecule has 1 aromatic carbocycles. The van der Waals surface area contributed by atoms with Gasteiger partial charge in [0.25, 0.3) is 0 Å². The molecule has 28 heavy (non-hydrogen) atoms. The molecule has 0 N–H and O–H groups in total. The first-order valence-corrected chi connectivity index (χ1v) is 9.47. The molecular weight excluding hydrogens is 352 g/mol. The highest BCUT2D eigenvalue weighted by molar-refractivity contribution is 6.00. The molecule has 0 aliphatic heterocycles. The first-order chi connectivity index (χ1) is 13.5. The molecule has 0 saturated heterocycles. The third-order valence-corrected chi connectivity index (χ3v) is 5.28. The van der Waals surface area contributed by atoms with Crippen LogP contribution in [0, 0.1) is 13.8 Å². The van der Waals surface area contributed by atoms with Gasteiger partial charge in [0.05, 0.1) is 0 Å². The van der Waals surface area contributed by atoms with Gasteiger partial charge in [-0.3, -0.25) is 4.79 Å². The van der Waals surface area contributed by atoms with Crippen molar-refractivity contribution in [2.45, 2.75) is 33.1 Å². The first-order valence-electron chi connectivity index (χ1n) is 9.47. The van der Waals surface area contributed by atoms with Crippen LogP contribution in [0.5, 0.6) is 0 Å². The number of nitrogens with zero attached hydrogens (tertiary/aromatic N) is 2. The van der Waals surface area contributed by atoms with Crippen LogP contribution >= 0.6 is 0 Å². The number of ketones is 1. The van der Waals surface area contributed by atoms with Crippen LogP contribution in [0.15, 0.2) is 48.7 Å². The number of Topliss-reactive ketones (excluding diaryl/α,β-unsaturated/α-hetero) is 1. The van der Waals surface area contributed by atoms with E-state index in [1.807, 2.05) is 19.9 Å². The molecule has 3 aromatic rings. The van der Waals surface area contributed by atoms with Crippen molar-refractivity contribution in [3.63, 3.8) is 0 Å². The number of fused-ring (bicyclic) bond motifs is 1. The number of benzene rings is 1. The summed E-state index contributed by atoms with van der Waals surface area (Å²) in [5.41, 5.74) is 6.49. The van der Waals surface area contributed by atoms with E-state index in [0.717, 1.165) is 29.9 Å². The minimum absolute atomic E-state index is 0.193. The number of aryl methyl sites for hydroxylation is 3. The molecule has 5 nitrogen and oxygen atoms in total. The Morgan fingerprint density at radius 3 is 2.68 bits per heavy atom. The summed E-state index contributed by atoms with van der Waals surface area (Å²) in [5, 5.41) is 0. The van der Waals surface area contributed by atoms with E-state index in [0.29, 0.717) is 5.56 Å². The van der Waals surface area contributed by atoms with E-state index in [-0.39, 0.29) is 18.1 Å². The van der Waals surface area contributed by atoms with Gasteiger partial charge in [-0.05, 0) is 74.6 Å². The van der Waals surface area contributed by atoms with Crippen LogP contribution in [0.1, 0.15) is 49.8 Å². The lowest BCUT2D eigenvalue weighted by molar-refractivity contribution is 0.0468. The van der Waals surface area contributed by atoms with Crippen LogP contribution in [0.4, 0.5) is 0 Å². The molecule has 4 rings (SSSR count). The smallest absolute Gasteiger partial charge is 0.357 e. The minimum Gasteiger partial charge on any atom is -0.453 e. The summed E-state index contributed by atoms with van der Waals surface area (Å²) in [6.07, 6.45) is 4.97. The van der Waals surface area contributed by atoms with E-state index >= 15 is 0 Å². The number of esters is 1. The molecule has 142 valence electrons. The SMILES string of the molecule is Cc1cc(C(=O)COC(=O)c2ccccn2)c(C)n1-c1ccc2c(c1)CCC2. The molecule has 0 bridgehead atoms. The second-order valence-corrected chi connectivity index (χ2v) is 7.14. The molecule has 2 heterocycles. The number of pyridine rings is 1. The Balaban J connectivity index is 1.54. The summed E-state index contributed by atoms with van der Waals surface area (Å²) >= 11 is 0. The number of carbonyl (C=O) groups excluding carboxylic acids is 2. The Hall–Kier alpha value is -3.21. The second kappa shape index (κ2) is 7.43. The van der Waals surface area contributed by atoms with Crippen molar-refractivity contribution in [3.05, 3.63) is 82.4 Å². The van der Waals surface area contributed by atoms with Gasteiger partial charge >= 0.3 is 5.97 Å². The maximum absolute atomic E-state index is 12.7. The molecule has 0 amide bonds. The van der Waals surface area contributed by atoms with Crippen molar-refractivity contribution < 1.29 is 14.3 Å². The fourth-order valence-corrected chi connectivity index (χ4v) is 3.91. The molecule has 0 atom stereocenters. The maximum Gasteiger partial charge on any atom is 0.357 e. The third-order valence-electron chi connectivity index (χ3n) is 5.28. The lowest BCUT2D eigenvalue weighted by Gasteiger charge is -2.12. The number of rotatable bonds is 5. The van der Waals surface area contributed by atoms with Gasteiger partial charge in [-0.2, -0.15) is 0 Å². The second-order valence-electron chi connectivity index (χ2n) is 7.14. The number of aromatic nitrogens is 2. The zero-order valence-corrected chi connectivity index (χ0v) is 16.1. The molecule has 2 aromatic heterocycles. The lowest BCUT2D eigenvalue weighted by atomic mass is 10.1. The fourth-order valence-electron chi connectivity index (χ4n) is 3.91. The molecule has 1 aliphatic rings. The van der Waals surface area contributed by atoms with Crippen molar-refractivity contribution in [1.82, 2.24) is 9.55 Å². The van der Waals surface area contributed by atoms with Gasteiger partial charge in [0.15, 0.2) is 6.61 Å². The number of hydrogen-bond acceptors (Lipinski definition) is 4. The number of hydrogen-bond donors (Lipinski definition) is 0. The first kappa shape index (κ1) is 18.2. The number of ether oxygens (including phenoxy) is 1. The predicted molar refractivity (Wildman–Crippen MR) is 106 cm³/mol. The minimum atomic E-state index is -0.596. The highest BCUT2D eigenvalue weighted by Crippen LogP contribution is 2.27. The Labute approximate surface area is 164 Å². The van der Waals surface area contributed by atoms with E-state index in [9.17, 15) is 9.59 Å². The van der Waals surface area contributed by atoms with Gasteiger partial charge < -0.3 is 9.30 Å². The van der Waals surface area contributed by atoms with Crippen molar-refractivity contribution >= 4 is 11.8 Å². The summed E-state index contributed by atoms with van der Waals surface area (Å²) in [5.74, 6) is -0.814. The number of carbonyl (C=O) groups is 2. The molecule has 0 spiro atoms. The highest BCUT2D eigenvalue weighted by atomic mass is 16.5. The average molecular weight is 374 g/mol. The van der Waals surface area contributed by atoms with Crippen molar-refractivity contribution in [3.8, 4) is 5.69 Å². The monoisotopic (exact) mass is 374 g/mol. The maximum atomic E-state index is 12.7. The summed E-state index contributed by atoms with van der Waals surface area (Å²) in [6.45, 7) is 3.61. The van der Waals surface area contributed by atoms with Crippen LogP contribution < -0.4 is 0 Å². The van der Waals surface area contributed by atoms with Crippen LogP contribution in [0.3, 0.4) is 0 Å². The van der Waals surface area contributed by atoms with E-state index in [1.165, 1.54) is 23.7 Å². The molecule has 0 radical (unpaired) electrons. The van der Waals surface area contributed by atoms with Gasteiger partial charge in [0.2, 0.25) is 5.78 Å². The van der Waals surface area contributed by atoms with Gasteiger partial charge in [-0.25, -0.2) is 9.78 Å². The summed E-state index contributed by atoms with van der Waals surface area (Å²) in [4.78, 5) is 28.6. The molecule has 0 saturated carbocycles. The normalized spacial score (nSPS) is 12.6. The van der Waals surface area contributed by atoms with E-state index < -0.39 is 5.97 Å². The predicted octanol–water partition coefficient (Wildman–Crippen LogP) is 4.02. The van der Waals surface area contributed by atoms with Gasteiger partial charge in [0, 0.05) is 28.8 Å². The molecular formula is C23H22N2O3. The summed E-state index contributed by atoms with van der Waals surface area (Å²) < 4.78 is 7.24.